The molecule has 0 aliphatic carbocycles. The second-order valence-corrected chi connectivity index (χ2v) is 6.60. The Hall–Kier alpha value is -1.68. The zero-order valence-electron chi connectivity index (χ0n) is 9.23. The van der Waals surface area contributed by atoms with E-state index in [-0.39, 0.29) is 16.5 Å². The van der Waals surface area contributed by atoms with Gasteiger partial charge in [-0.25, -0.2) is 0 Å². The van der Waals surface area contributed by atoms with Gasteiger partial charge in [-0.2, -0.15) is 16.8 Å². The van der Waals surface area contributed by atoms with Crippen molar-refractivity contribution < 1.29 is 25.9 Å². The average Bonchev–Trinajstić information content (AvgIpc) is 2.26. The van der Waals surface area contributed by atoms with Crippen molar-refractivity contribution in [2.24, 2.45) is 0 Å². The molecule has 2 aromatic carbocycles. The Labute approximate surface area is 109 Å². The van der Waals surface area contributed by atoms with Crippen molar-refractivity contribution in [2.45, 2.75) is 9.79 Å². The molecule has 7 nitrogen and oxygen atoms in total. The van der Waals surface area contributed by atoms with Crippen LogP contribution in [-0.2, 0) is 20.2 Å². The van der Waals surface area contributed by atoms with Crippen molar-refractivity contribution in [1.82, 2.24) is 0 Å². The molecule has 0 spiro atoms. The smallest absolute Gasteiger partial charge is 0.294 e. The summed E-state index contributed by atoms with van der Waals surface area (Å²) in [4.78, 5) is -0.834. The molecule has 19 heavy (non-hydrogen) atoms. The number of benzene rings is 2. The number of nitrogens with two attached hydrogens (primary N) is 1. The topological polar surface area (TPSA) is 135 Å². The molecule has 9 heteroatoms. The van der Waals surface area contributed by atoms with Gasteiger partial charge in [0.05, 0.1) is 9.79 Å². The van der Waals surface area contributed by atoms with Gasteiger partial charge >= 0.3 is 0 Å². The van der Waals surface area contributed by atoms with Crippen molar-refractivity contribution in [1.29, 1.82) is 0 Å². The first kappa shape index (κ1) is 13.7. The first-order valence-corrected chi connectivity index (χ1v) is 7.67. The first-order chi connectivity index (χ1) is 8.59. The lowest BCUT2D eigenvalue weighted by molar-refractivity contribution is 0.481. The second-order valence-electron chi connectivity index (χ2n) is 3.76. The van der Waals surface area contributed by atoms with Gasteiger partial charge in [-0.15, -0.1) is 0 Å². The van der Waals surface area contributed by atoms with Crippen LogP contribution < -0.4 is 5.73 Å². The molecule has 0 aliphatic rings. The minimum Gasteiger partial charge on any atom is -0.398 e. The fourth-order valence-corrected chi connectivity index (χ4v) is 2.58. The van der Waals surface area contributed by atoms with Gasteiger partial charge in [-0.3, -0.25) is 9.11 Å². The van der Waals surface area contributed by atoms with Crippen LogP contribution in [0.4, 0.5) is 5.69 Å². The van der Waals surface area contributed by atoms with E-state index in [0.717, 1.165) is 24.3 Å². The predicted octanol–water partition coefficient (Wildman–Crippen LogP) is 0.716. The number of fused-ring (bicyclic) bond motifs is 1. The van der Waals surface area contributed by atoms with Crippen LogP contribution in [0, 0.1) is 6.07 Å². The maximum atomic E-state index is 11.0. The largest absolute Gasteiger partial charge is 0.398 e. The van der Waals surface area contributed by atoms with E-state index < -0.39 is 30.0 Å². The molecule has 0 aromatic heterocycles. The quantitative estimate of drug-likeness (QED) is 0.549. The fraction of sp³-hybridized carbons (Fsp3) is 0. The van der Waals surface area contributed by atoms with E-state index in [4.69, 9.17) is 14.8 Å². The van der Waals surface area contributed by atoms with Gasteiger partial charge in [-0.05, 0) is 35.7 Å². The molecule has 0 saturated carbocycles. The zero-order chi connectivity index (χ0) is 14.4. The van der Waals surface area contributed by atoms with Crippen LogP contribution in [-0.4, -0.2) is 25.9 Å². The third kappa shape index (κ3) is 2.68. The van der Waals surface area contributed by atoms with E-state index in [1.165, 1.54) is 0 Å². The van der Waals surface area contributed by atoms with Crippen LogP contribution in [0.1, 0.15) is 0 Å². The Morgan fingerprint density at radius 3 is 2.05 bits per heavy atom. The standard InChI is InChI=1S/C10H8NO6S2/c11-10-5-8(19(15,16)17)3-6-1-2-7(4-9(6)10)18(12,13)14/h2-5H,11H2,(H,12,13,14)(H,15,16,17). The third-order valence-electron chi connectivity index (χ3n) is 2.44. The molecule has 0 aliphatic heterocycles. The number of rotatable bonds is 2. The molecule has 0 amide bonds. The minimum absolute atomic E-state index is 0.0631. The van der Waals surface area contributed by atoms with Gasteiger partial charge in [0.1, 0.15) is 0 Å². The maximum absolute atomic E-state index is 11.0. The Bertz CT molecular complexity index is 870. The summed E-state index contributed by atoms with van der Waals surface area (Å²) in [7, 11) is -8.83. The van der Waals surface area contributed by atoms with Gasteiger partial charge in [0.15, 0.2) is 0 Å². The third-order valence-corrected chi connectivity index (χ3v) is 4.10. The zero-order valence-corrected chi connectivity index (χ0v) is 10.9. The fourth-order valence-electron chi connectivity index (χ4n) is 1.56. The highest BCUT2D eigenvalue weighted by Crippen LogP contribution is 2.27. The molecular formula is C10H8NO6S2. The van der Waals surface area contributed by atoms with Crippen molar-refractivity contribution in [3.05, 3.63) is 30.3 Å². The van der Waals surface area contributed by atoms with E-state index in [2.05, 4.69) is 6.07 Å². The highest BCUT2D eigenvalue weighted by Gasteiger charge is 2.15. The summed E-state index contributed by atoms with van der Waals surface area (Å²) in [6.07, 6.45) is 0. The molecule has 2 aromatic rings. The molecular weight excluding hydrogens is 294 g/mol. The van der Waals surface area contributed by atoms with Crippen LogP contribution in [0.15, 0.2) is 34.1 Å². The van der Waals surface area contributed by atoms with Crippen LogP contribution in [0.3, 0.4) is 0 Å². The van der Waals surface area contributed by atoms with Gasteiger partial charge < -0.3 is 5.73 Å². The van der Waals surface area contributed by atoms with E-state index in [1.807, 2.05) is 0 Å². The summed E-state index contributed by atoms with van der Waals surface area (Å²) in [5.41, 5.74) is 5.53. The summed E-state index contributed by atoms with van der Waals surface area (Å²) in [6.45, 7) is 0. The Balaban J connectivity index is 2.82. The second kappa shape index (κ2) is 4.17. The summed E-state index contributed by atoms with van der Waals surface area (Å²) in [5, 5.41) is 0.391. The maximum Gasteiger partial charge on any atom is 0.294 e. The van der Waals surface area contributed by atoms with E-state index in [0.29, 0.717) is 0 Å². The lowest BCUT2D eigenvalue weighted by atomic mass is 10.1. The Morgan fingerprint density at radius 2 is 1.53 bits per heavy atom. The van der Waals surface area contributed by atoms with Crippen molar-refractivity contribution in [3.63, 3.8) is 0 Å². The molecule has 1 radical (unpaired) electrons. The van der Waals surface area contributed by atoms with Crippen LogP contribution >= 0.6 is 0 Å². The van der Waals surface area contributed by atoms with Gasteiger partial charge in [0.25, 0.3) is 20.2 Å². The lowest BCUT2D eigenvalue weighted by Crippen LogP contribution is -2.02. The normalized spacial score (nSPS) is 12.7. The van der Waals surface area contributed by atoms with Crippen LogP contribution in [0.5, 0.6) is 0 Å². The number of nitrogen functional groups attached to an aromatic ring is 1. The number of hydrogen-bond acceptors (Lipinski definition) is 5. The highest BCUT2D eigenvalue weighted by atomic mass is 32.2. The highest BCUT2D eigenvalue weighted by molar-refractivity contribution is 7.86. The first-order valence-electron chi connectivity index (χ1n) is 4.79. The van der Waals surface area contributed by atoms with Crippen LogP contribution in [0.25, 0.3) is 10.8 Å². The summed E-state index contributed by atoms with van der Waals surface area (Å²) in [6, 6.07) is 6.63. The average molecular weight is 302 g/mol. The molecule has 4 N–H and O–H groups in total. The number of hydrogen-bond donors (Lipinski definition) is 3. The van der Waals surface area contributed by atoms with E-state index in [1.54, 1.807) is 0 Å². The minimum atomic E-state index is -4.42. The van der Waals surface area contributed by atoms with E-state index in [9.17, 15) is 16.8 Å². The van der Waals surface area contributed by atoms with Crippen molar-refractivity contribution >= 4 is 36.7 Å². The molecule has 0 bridgehead atoms. The lowest BCUT2D eigenvalue weighted by Gasteiger charge is -2.06. The summed E-state index contributed by atoms with van der Waals surface area (Å²) >= 11 is 0. The summed E-state index contributed by atoms with van der Waals surface area (Å²) < 4.78 is 61.8. The Kier molecular flexibility index (Phi) is 3.01. The van der Waals surface area contributed by atoms with Gasteiger partial charge in [-0.1, -0.05) is 0 Å². The predicted molar refractivity (Wildman–Crippen MR) is 66.8 cm³/mol. The van der Waals surface area contributed by atoms with Gasteiger partial charge in [0, 0.05) is 11.1 Å². The molecule has 0 unspecified atom stereocenters. The Morgan fingerprint density at radius 1 is 0.947 bits per heavy atom. The molecule has 2 rings (SSSR count). The molecule has 0 saturated heterocycles. The van der Waals surface area contributed by atoms with Crippen LogP contribution in [0.2, 0.25) is 0 Å². The molecule has 101 valence electrons. The SMILES string of the molecule is Nc1cc(S(=O)(=O)O)cc2[c]cc(S(=O)(=O)O)cc12. The molecule has 0 fully saturated rings. The van der Waals surface area contributed by atoms with E-state index >= 15 is 0 Å². The molecule has 0 heterocycles. The number of anilines is 1. The van der Waals surface area contributed by atoms with Crippen molar-refractivity contribution in [2.75, 3.05) is 5.73 Å². The summed E-state index contributed by atoms with van der Waals surface area (Å²) in [5.74, 6) is 0. The van der Waals surface area contributed by atoms with Gasteiger partial charge in [0.2, 0.25) is 0 Å². The van der Waals surface area contributed by atoms with Crippen molar-refractivity contribution in [3.8, 4) is 0 Å². The molecule has 0 atom stereocenters. The monoisotopic (exact) mass is 302 g/mol.